The molecule has 0 saturated heterocycles. The summed E-state index contributed by atoms with van der Waals surface area (Å²) in [5.74, 6) is 2.19. The SMILES string of the molecule is C=Cc1cc(C)cc(C(C)(C)C)c1C.CCC.Cc1cc(C=[N+](C)C2CCCC(C(C)CCl)C2)c(C)c(C(C)(C)C)c1. The Morgan fingerprint density at radius 3 is 1.74 bits per heavy atom. The molecule has 1 aliphatic rings. The van der Waals surface area contributed by atoms with E-state index >= 15 is 0 Å². The van der Waals surface area contributed by atoms with Crippen molar-refractivity contribution in [2.24, 2.45) is 11.8 Å². The van der Waals surface area contributed by atoms with Gasteiger partial charge in [-0.1, -0.05) is 105 Å². The highest BCUT2D eigenvalue weighted by molar-refractivity contribution is 6.18. The summed E-state index contributed by atoms with van der Waals surface area (Å²) in [5.41, 5.74) is 11.4. The zero-order chi connectivity index (χ0) is 32.4. The first-order valence-electron chi connectivity index (χ1n) is 16.4. The summed E-state index contributed by atoms with van der Waals surface area (Å²) >= 11 is 6.12. The number of hydrogen-bond donors (Lipinski definition) is 0. The molecule has 236 valence electrons. The van der Waals surface area contributed by atoms with Crippen LogP contribution in [0.3, 0.4) is 0 Å². The Morgan fingerprint density at radius 1 is 0.857 bits per heavy atom. The van der Waals surface area contributed by atoms with E-state index in [1.165, 1.54) is 76.6 Å². The van der Waals surface area contributed by atoms with Crippen molar-refractivity contribution in [3.63, 3.8) is 0 Å². The molecular weight excluding hydrogens is 530 g/mol. The van der Waals surface area contributed by atoms with Crippen LogP contribution in [0.5, 0.6) is 0 Å². The van der Waals surface area contributed by atoms with Crippen LogP contribution in [0.15, 0.2) is 30.8 Å². The molecule has 3 atom stereocenters. The first kappa shape index (κ1) is 38.2. The van der Waals surface area contributed by atoms with Crippen LogP contribution in [0.4, 0.5) is 0 Å². The van der Waals surface area contributed by atoms with Crippen LogP contribution in [0, 0.1) is 39.5 Å². The average Bonchev–Trinajstić information content (AvgIpc) is 2.90. The Labute approximate surface area is 266 Å². The van der Waals surface area contributed by atoms with Crippen molar-refractivity contribution >= 4 is 23.9 Å². The molecule has 2 heteroatoms. The van der Waals surface area contributed by atoms with E-state index in [1.807, 2.05) is 6.08 Å². The predicted molar refractivity (Wildman–Crippen MR) is 192 cm³/mol. The Bertz CT molecular complexity index is 1170. The minimum absolute atomic E-state index is 0.184. The molecule has 2 aromatic carbocycles. The lowest BCUT2D eigenvalue weighted by Gasteiger charge is -2.30. The zero-order valence-electron chi connectivity index (χ0n) is 30.0. The molecule has 0 heterocycles. The van der Waals surface area contributed by atoms with Gasteiger partial charge in [0.15, 0.2) is 12.3 Å². The van der Waals surface area contributed by atoms with E-state index in [2.05, 4.69) is 139 Å². The normalized spacial score (nSPS) is 18.3. The van der Waals surface area contributed by atoms with Gasteiger partial charge in [0.25, 0.3) is 0 Å². The summed E-state index contributed by atoms with van der Waals surface area (Å²) in [6, 6.07) is 9.80. The summed E-state index contributed by atoms with van der Waals surface area (Å²) in [5, 5.41) is 0. The molecule has 0 aromatic heterocycles. The van der Waals surface area contributed by atoms with Gasteiger partial charge in [0.1, 0.15) is 7.05 Å². The standard InChI is InChI=1S/C23H37ClN.C14H20.C3H8/c1-16-11-20(18(3)22(12-16)23(4,5)6)15-25(7)21-10-8-9-19(13-21)17(2)14-24;1-7-12-8-10(2)9-13(11(12)3)14(4,5)6;1-3-2/h11-12,15,17,19,21H,8-10,13-14H2,1-7H3;7-9H,1H2,2-6H3;3H2,1-2H3/q+1;;. The number of benzene rings is 2. The number of alkyl halides is 1. The smallest absolute Gasteiger partial charge is 0.170 e. The summed E-state index contributed by atoms with van der Waals surface area (Å²) < 4.78 is 2.47. The minimum atomic E-state index is 0.184. The van der Waals surface area contributed by atoms with Crippen molar-refractivity contribution in [2.75, 3.05) is 12.9 Å². The first-order valence-corrected chi connectivity index (χ1v) is 16.9. The van der Waals surface area contributed by atoms with Crippen LogP contribution in [0.2, 0.25) is 0 Å². The molecule has 3 rings (SSSR count). The molecule has 3 unspecified atom stereocenters. The van der Waals surface area contributed by atoms with Gasteiger partial charge in [-0.05, 0) is 103 Å². The molecule has 0 N–H and O–H groups in total. The fourth-order valence-corrected chi connectivity index (χ4v) is 6.47. The molecule has 0 amide bonds. The van der Waals surface area contributed by atoms with Gasteiger partial charge in [0.2, 0.25) is 0 Å². The number of halogens is 1. The van der Waals surface area contributed by atoms with Crippen LogP contribution in [0.1, 0.15) is 139 Å². The van der Waals surface area contributed by atoms with E-state index in [0.717, 1.165) is 11.8 Å². The van der Waals surface area contributed by atoms with Gasteiger partial charge in [0.05, 0.1) is 0 Å². The number of rotatable bonds is 5. The largest absolute Gasteiger partial charge is 0.236 e. The Morgan fingerprint density at radius 2 is 1.31 bits per heavy atom. The van der Waals surface area contributed by atoms with Gasteiger partial charge in [0, 0.05) is 24.3 Å². The third-order valence-electron chi connectivity index (χ3n) is 8.67. The zero-order valence-corrected chi connectivity index (χ0v) is 30.7. The molecule has 1 saturated carbocycles. The predicted octanol–water partition coefficient (Wildman–Crippen LogP) is 11.8. The summed E-state index contributed by atoms with van der Waals surface area (Å²) in [7, 11) is 2.26. The highest BCUT2D eigenvalue weighted by Crippen LogP contribution is 2.33. The van der Waals surface area contributed by atoms with Gasteiger partial charge in [-0.2, -0.15) is 0 Å². The molecule has 42 heavy (non-hydrogen) atoms. The molecule has 0 radical (unpaired) electrons. The lowest BCUT2D eigenvalue weighted by atomic mass is 9.79. The van der Waals surface area contributed by atoms with Crippen LogP contribution < -0.4 is 0 Å². The lowest BCUT2D eigenvalue weighted by molar-refractivity contribution is -0.539. The Kier molecular flexibility index (Phi) is 15.3. The van der Waals surface area contributed by atoms with E-state index in [4.69, 9.17) is 11.6 Å². The van der Waals surface area contributed by atoms with Crippen molar-refractivity contribution < 1.29 is 4.58 Å². The topological polar surface area (TPSA) is 3.01 Å². The number of aryl methyl sites for hydroxylation is 2. The van der Waals surface area contributed by atoms with Crippen molar-refractivity contribution in [1.82, 2.24) is 0 Å². The van der Waals surface area contributed by atoms with Crippen LogP contribution in [0.25, 0.3) is 6.08 Å². The molecule has 0 spiro atoms. The van der Waals surface area contributed by atoms with E-state index < -0.39 is 0 Å². The Balaban J connectivity index is 0.000000437. The average molecular weight is 595 g/mol. The minimum Gasteiger partial charge on any atom is -0.236 e. The van der Waals surface area contributed by atoms with Crippen LogP contribution >= 0.6 is 11.6 Å². The fraction of sp³-hybridized carbons (Fsp3) is 0.625. The molecule has 0 bridgehead atoms. The van der Waals surface area contributed by atoms with Gasteiger partial charge in [-0.3, -0.25) is 0 Å². The van der Waals surface area contributed by atoms with Crippen molar-refractivity contribution in [2.45, 2.75) is 139 Å². The summed E-state index contributed by atoms with van der Waals surface area (Å²) in [4.78, 5) is 0. The van der Waals surface area contributed by atoms with E-state index in [-0.39, 0.29) is 10.8 Å². The molecule has 0 aliphatic heterocycles. The third kappa shape index (κ3) is 11.3. The monoisotopic (exact) mass is 594 g/mol. The number of hydrogen-bond acceptors (Lipinski definition) is 0. The maximum absolute atomic E-state index is 6.12. The van der Waals surface area contributed by atoms with Gasteiger partial charge < -0.3 is 0 Å². The summed E-state index contributed by atoms with van der Waals surface area (Å²) in [6.45, 7) is 32.9. The van der Waals surface area contributed by atoms with Crippen molar-refractivity contribution in [3.05, 3.63) is 75.4 Å². The van der Waals surface area contributed by atoms with Crippen molar-refractivity contribution in [1.29, 1.82) is 0 Å². The Hall–Kier alpha value is -1.86. The number of nitrogens with zero attached hydrogens (tertiary/aromatic N) is 1. The van der Waals surface area contributed by atoms with Gasteiger partial charge >= 0.3 is 0 Å². The highest BCUT2D eigenvalue weighted by atomic mass is 35.5. The van der Waals surface area contributed by atoms with E-state index in [1.54, 1.807) is 0 Å². The van der Waals surface area contributed by atoms with E-state index in [9.17, 15) is 0 Å². The molecular formula is C40H65ClN+. The molecule has 1 aliphatic carbocycles. The van der Waals surface area contributed by atoms with Crippen LogP contribution in [-0.2, 0) is 10.8 Å². The molecule has 2 aromatic rings. The third-order valence-corrected chi connectivity index (χ3v) is 9.16. The quantitative estimate of drug-likeness (QED) is 0.184. The second-order valence-electron chi connectivity index (χ2n) is 15.0. The van der Waals surface area contributed by atoms with Crippen molar-refractivity contribution in [3.8, 4) is 0 Å². The van der Waals surface area contributed by atoms with Gasteiger partial charge in [-0.25, -0.2) is 4.58 Å². The molecule has 1 nitrogen and oxygen atoms in total. The molecule has 1 fully saturated rings. The maximum Gasteiger partial charge on any atom is 0.170 e. The fourth-order valence-electron chi connectivity index (χ4n) is 6.22. The summed E-state index contributed by atoms with van der Waals surface area (Å²) in [6.07, 6.45) is 10.8. The van der Waals surface area contributed by atoms with E-state index in [0.29, 0.717) is 12.0 Å². The first-order chi connectivity index (χ1) is 19.4. The maximum atomic E-state index is 6.12. The highest BCUT2D eigenvalue weighted by Gasteiger charge is 2.30. The second kappa shape index (κ2) is 16.8. The van der Waals surface area contributed by atoms with Gasteiger partial charge in [-0.15, -0.1) is 11.6 Å². The lowest BCUT2D eigenvalue weighted by Crippen LogP contribution is -2.33. The van der Waals surface area contributed by atoms with Crippen LogP contribution in [-0.4, -0.2) is 29.8 Å². The second-order valence-corrected chi connectivity index (χ2v) is 15.3.